The van der Waals surface area contributed by atoms with Gasteiger partial charge in [0.2, 0.25) is 0 Å². The number of nitrogens with zero attached hydrogens (tertiary/aromatic N) is 3. The lowest BCUT2D eigenvalue weighted by Crippen LogP contribution is -2.32. The Kier molecular flexibility index (Phi) is 4.76. The Hall–Kier alpha value is -0.650. The van der Waals surface area contributed by atoms with Crippen LogP contribution in [0.4, 0.5) is 5.13 Å². The van der Waals surface area contributed by atoms with Crippen LogP contribution in [0.15, 0.2) is 5.38 Å². The quantitative estimate of drug-likeness (QED) is 0.880. The normalized spacial score (nSPS) is 18.4. The van der Waals surface area contributed by atoms with Gasteiger partial charge in [0.1, 0.15) is 0 Å². The van der Waals surface area contributed by atoms with E-state index >= 15 is 0 Å². The second-order valence-corrected chi connectivity index (χ2v) is 5.43. The van der Waals surface area contributed by atoms with Crippen molar-refractivity contribution in [1.29, 1.82) is 0 Å². The van der Waals surface area contributed by atoms with Crippen LogP contribution in [-0.4, -0.2) is 49.2 Å². The highest BCUT2D eigenvalue weighted by molar-refractivity contribution is 7.13. The van der Waals surface area contributed by atoms with Crippen molar-refractivity contribution in [2.24, 2.45) is 5.73 Å². The number of aromatic nitrogens is 1. The van der Waals surface area contributed by atoms with E-state index in [4.69, 9.17) is 5.73 Å². The standard InChI is InChI=1S/C12H22N4S/c1-11-10-17-12(14-11)16-7-3-6-15(8-9-16)5-2-4-13/h10H,2-9,13H2,1H3. The molecule has 1 aliphatic heterocycles. The van der Waals surface area contributed by atoms with E-state index in [9.17, 15) is 0 Å². The van der Waals surface area contributed by atoms with E-state index in [1.54, 1.807) is 11.3 Å². The summed E-state index contributed by atoms with van der Waals surface area (Å²) in [6.45, 7) is 8.56. The van der Waals surface area contributed by atoms with Crippen LogP contribution in [0.2, 0.25) is 0 Å². The minimum Gasteiger partial charge on any atom is -0.347 e. The first-order valence-electron chi connectivity index (χ1n) is 6.39. The largest absolute Gasteiger partial charge is 0.347 e. The third kappa shape index (κ3) is 3.66. The first-order valence-corrected chi connectivity index (χ1v) is 7.27. The maximum atomic E-state index is 5.56. The van der Waals surface area contributed by atoms with Crippen molar-refractivity contribution < 1.29 is 0 Å². The number of hydrogen-bond acceptors (Lipinski definition) is 5. The van der Waals surface area contributed by atoms with E-state index in [1.165, 1.54) is 18.1 Å². The van der Waals surface area contributed by atoms with Gasteiger partial charge in [0, 0.05) is 25.0 Å². The molecular weight excluding hydrogens is 232 g/mol. The topological polar surface area (TPSA) is 45.4 Å². The van der Waals surface area contributed by atoms with Crippen LogP contribution < -0.4 is 10.6 Å². The highest BCUT2D eigenvalue weighted by atomic mass is 32.1. The van der Waals surface area contributed by atoms with E-state index in [0.717, 1.165) is 44.8 Å². The average molecular weight is 254 g/mol. The molecule has 4 nitrogen and oxygen atoms in total. The molecule has 2 rings (SSSR count). The molecule has 0 saturated carbocycles. The van der Waals surface area contributed by atoms with Crippen molar-refractivity contribution >= 4 is 16.5 Å². The molecule has 0 atom stereocenters. The molecule has 1 aromatic heterocycles. The summed E-state index contributed by atoms with van der Waals surface area (Å²) in [5, 5.41) is 3.31. The summed E-state index contributed by atoms with van der Waals surface area (Å²) in [7, 11) is 0. The molecule has 17 heavy (non-hydrogen) atoms. The molecule has 1 fully saturated rings. The molecule has 1 aromatic rings. The minimum atomic E-state index is 0.798. The molecular formula is C12H22N4S. The first-order chi connectivity index (χ1) is 8.29. The Labute approximate surface area is 107 Å². The van der Waals surface area contributed by atoms with Gasteiger partial charge in [-0.3, -0.25) is 0 Å². The maximum Gasteiger partial charge on any atom is 0.185 e. The van der Waals surface area contributed by atoms with Gasteiger partial charge in [0.25, 0.3) is 0 Å². The van der Waals surface area contributed by atoms with Crippen LogP contribution in [0.3, 0.4) is 0 Å². The zero-order chi connectivity index (χ0) is 12.1. The van der Waals surface area contributed by atoms with Crippen molar-refractivity contribution in [1.82, 2.24) is 9.88 Å². The molecule has 96 valence electrons. The second-order valence-electron chi connectivity index (χ2n) is 4.60. The summed E-state index contributed by atoms with van der Waals surface area (Å²) in [6.07, 6.45) is 2.33. The van der Waals surface area contributed by atoms with Crippen molar-refractivity contribution in [3.63, 3.8) is 0 Å². The van der Waals surface area contributed by atoms with Crippen LogP contribution in [-0.2, 0) is 0 Å². The summed E-state index contributed by atoms with van der Waals surface area (Å²) >= 11 is 1.76. The Bertz CT molecular complexity index is 339. The van der Waals surface area contributed by atoms with E-state index in [1.807, 2.05) is 0 Å². The lowest BCUT2D eigenvalue weighted by molar-refractivity contribution is 0.291. The van der Waals surface area contributed by atoms with E-state index < -0.39 is 0 Å². The fraction of sp³-hybridized carbons (Fsp3) is 0.750. The summed E-state index contributed by atoms with van der Waals surface area (Å²) in [5.74, 6) is 0. The molecule has 0 unspecified atom stereocenters. The monoisotopic (exact) mass is 254 g/mol. The predicted octanol–water partition coefficient (Wildman–Crippen LogP) is 1.31. The van der Waals surface area contributed by atoms with E-state index in [0.29, 0.717) is 0 Å². The van der Waals surface area contributed by atoms with Gasteiger partial charge < -0.3 is 15.5 Å². The van der Waals surface area contributed by atoms with Gasteiger partial charge in [0.05, 0.1) is 5.69 Å². The van der Waals surface area contributed by atoms with Crippen molar-refractivity contribution in [2.45, 2.75) is 19.8 Å². The SMILES string of the molecule is Cc1csc(N2CCCN(CCCN)CC2)n1. The molecule has 0 radical (unpaired) electrons. The Balaban J connectivity index is 1.87. The average Bonchev–Trinajstić information content (AvgIpc) is 2.63. The van der Waals surface area contributed by atoms with Crippen LogP contribution in [0.25, 0.3) is 0 Å². The summed E-state index contributed by atoms with van der Waals surface area (Å²) in [4.78, 5) is 9.51. The van der Waals surface area contributed by atoms with Gasteiger partial charge in [-0.1, -0.05) is 0 Å². The molecule has 2 heterocycles. The van der Waals surface area contributed by atoms with E-state index in [-0.39, 0.29) is 0 Å². The van der Waals surface area contributed by atoms with E-state index in [2.05, 4.69) is 27.1 Å². The third-order valence-electron chi connectivity index (χ3n) is 3.14. The second kappa shape index (κ2) is 6.33. The van der Waals surface area contributed by atoms with Gasteiger partial charge in [0.15, 0.2) is 5.13 Å². The van der Waals surface area contributed by atoms with Crippen molar-refractivity contribution in [3.05, 3.63) is 11.1 Å². The molecule has 0 amide bonds. The lowest BCUT2D eigenvalue weighted by atomic mass is 10.3. The number of nitrogens with two attached hydrogens (primary N) is 1. The van der Waals surface area contributed by atoms with Crippen LogP contribution >= 0.6 is 11.3 Å². The van der Waals surface area contributed by atoms with Gasteiger partial charge in [-0.05, 0) is 39.4 Å². The zero-order valence-corrected chi connectivity index (χ0v) is 11.4. The maximum absolute atomic E-state index is 5.56. The number of hydrogen-bond donors (Lipinski definition) is 1. The number of thiazole rings is 1. The number of aryl methyl sites for hydroxylation is 1. The summed E-state index contributed by atoms with van der Waals surface area (Å²) in [5.41, 5.74) is 6.69. The van der Waals surface area contributed by atoms with Crippen LogP contribution in [0.1, 0.15) is 18.5 Å². The Morgan fingerprint density at radius 3 is 2.94 bits per heavy atom. The molecule has 0 bridgehead atoms. The highest BCUT2D eigenvalue weighted by Crippen LogP contribution is 2.21. The van der Waals surface area contributed by atoms with Gasteiger partial charge >= 0.3 is 0 Å². The summed E-state index contributed by atoms with van der Waals surface area (Å²) < 4.78 is 0. The fourth-order valence-electron chi connectivity index (χ4n) is 2.19. The molecule has 5 heteroatoms. The molecule has 0 aliphatic carbocycles. The molecule has 2 N–H and O–H groups in total. The predicted molar refractivity (Wildman–Crippen MR) is 73.8 cm³/mol. The highest BCUT2D eigenvalue weighted by Gasteiger charge is 2.16. The lowest BCUT2D eigenvalue weighted by Gasteiger charge is -2.21. The zero-order valence-electron chi connectivity index (χ0n) is 10.6. The van der Waals surface area contributed by atoms with Gasteiger partial charge in [-0.25, -0.2) is 4.98 Å². The van der Waals surface area contributed by atoms with Gasteiger partial charge in [-0.2, -0.15) is 0 Å². The number of rotatable bonds is 4. The number of anilines is 1. The molecule has 1 aliphatic rings. The van der Waals surface area contributed by atoms with Crippen LogP contribution in [0.5, 0.6) is 0 Å². The van der Waals surface area contributed by atoms with Gasteiger partial charge in [-0.15, -0.1) is 11.3 Å². The Morgan fingerprint density at radius 1 is 1.35 bits per heavy atom. The molecule has 0 spiro atoms. The minimum absolute atomic E-state index is 0.798. The smallest absolute Gasteiger partial charge is 0.185 e. The third-order valence-corrected chi connectivity index (χ3v) is 4.16. The Morgan fingerprint density at radius 2 is 2.24 bits per heavy atom. The fourth-order valence-corrected chi connectivity index (χ4v) is 3.04. The van der Waals surface area contributed by atoms with Crippen molar-refractivity contribution in [2.75, 3.05) is 44.2 Å². The molecule has 1 saturated heterocycles. The van der Waals surface area contributed by atoms with Crippen molar-refractivity contribution in [3.8, 4) is 0 Å². The summed E-state index contributed by atoms with van der Waals surface area (Å²) in [6, 6.07) is 0. The first kappa shape index (κ1) is 12.8. The molecule has 0 aromatic carbocycles. The van der Waals surface area contributed by atoms with Crippen LogP contribution in [0, 0.1) is 6.92 Å².